The zero-order valence-electron chi connectivity index (χ0n) is 14.9. The van der Waals surface area contributed by atoms with E-state index in [1.807, 2.05) is 25.7 Å². The van der Waals surface area contributed by atoms with Crippen LogP contribution in [0.2, 0.25) is 0 Å². The molecule has 0 saturated carbocycles. The molecule has 7 nitrogen and oxygen atoms in total. The normalized spacial score (nSPS) is 22.5. The summed E-state index contributed by atoms with van der Waals surface area (Å²) in [5, 5.41) is 2.88. The second-order valence-corrected chi connectivity index (χ2v) is 6.68. The Labute approximate surface area is 138 Å². The van der Waals surface area contributed by atoms with Gasteiger partial charge in [-0.3, -0.25) is 9.69 Å². The fourth-order valence-corrected chi connectivity index (χ4v) is 2.60. The number of carbonyl (C=O) groups is 2. The van der Waals surface area contributed by atoms with Gasteiger partial charge in [-0.1, -0.05) is 0 Å². The van der Waals surface area contributed by atoms with E-state index in [1.54, 1.807) is 14.0 Å². The third-order valence-electron chi connectivity index (χ3n) is 3.55. The van der Waals surface area contributed by atoms with Gasteiger partial charge in [0.2, 0.25) is 0 Å². The maximum absolute atomic E-state index is 12.1. The van der Waals surface area contributed by atoms with Crippen molar-refractivity contribution in [3.8, 4) is 0 Å². The topological polar surface area (TPSA) is 77.1 Å². The molecule has 0 spiro atoms. The molecule has 1 aliphatic rings. The van der Waals surface area contributed by atoms with Gasteiger partial charge in [-0.15, -0.1) is 0 Å². The quantitative estimate of drug-likeness (QED) is 0.745. The van der Waals surface area contributed by atoms with Gasteiger partial charge >= 0.3 is 12.1 Å². The number of hydrogen-bond acceptors (Lipinski definition) is 6. The van der Waals surface area contributed by atoms with Gasteiger partial charge < -0.3 is 19.5 Å². The molecular weight excluding hydrogens is 300 g/mol. The monoisotopic (exact) mass is 330 g/mol. The van der Waals surface area contributed by atoms with Crippen molar-refractivity contribution in [1.82, 2.24) is 10.2 Å². The van der Waals surface area contributed by atoms with Gasteiger partial charge in [-0.2, -0.15) is 0 Å². The summed E-state index contributed by atoms with van der Waals surface area (Å²) in [6.45, 7) is 9.37. The third kappa shape index (κ3) is 7.18. The van der Waals surface area contributed by atoms with Gasteiger partial charge in [0.05, 0.1) is 13.2 Å². The van der Waals surface area contributed by atoms with Gasteiger partial charge in [0.1, 0.15) is 11.6 Å². The molecule has 0 radical (unpaired) electrons. The van der Waals surface area contributed by atoms with E-state index in [0.29, 0.717) is 39.1 Å². The first-order chi connectivity index (χ1) is 10.8. The minimum atomic E-state index is -0.526. The van der Waals surface area contributed by atoms with Crippen LogP contribution in [0.3, 0.4) is 0 Å². The molecule has 23 heavy (non-hydrogen) atoms. The Kier molecular flexibility index (Phi) is 7.78. The van der Waals surface area contributed by atoms with Crippen molar-refractivity contribution in [2.45, 2.75) is 58.2 Å². The maximum atomic E-state index is 12.1. The summed E-state index contributed by atoms with van der Waals surface area (Å²) in [5.74, 6) is -0.209. The van der Waals surface area contributed by atoms with Crippen LogP contribution in [0.15, 0.2) is 0 Å². The van der Waals surface area contributed by atoms with Crippen LogP contribution in [0.25, 0.3) is 0 Å². The first-order valence-corrected chi connectivity index (χ1v) is 8.16. The van der Waals surface area contributed by atoms with Crippen molar-refractivity contribution >= 4 is 12.1 Å². The van der Waals surface area contributed by atoms with Crippen LogP contribution in [0.4, 0.5) is 4.79 Å². The van der Waals surface area contributed by atoms with Crippen molar-refractivity contribution < 1.29 is 23.8 Å². The van der Waals surface area contributed by atoms with Gasteiger partial charge in [0.25, 0.3) is 0 Å². The van der Waals surface area contributed by atoms with Gasteiger partial charge in [-0.05, 0) is 40.5 Å². The van der Waals surface area contributed by atoms with Gasteiger partial charge in [0.15, 0.2) is 0 Å². The van der Waals surface area contributed by atoms with Crippen molar-refractivity contribution in [3.05, 3.63) is 0 Å². The summed E-state index contributed by atoms with van der Waals surface area (Å²) < 4.78 is 15.5. The second kappa shape index (κ2) is 9.08. The van der Waals surface area contributed by atoms with E-state index >= 15 is 0 Å². The maximum Gasteiger partial charge on any atom is 0.407 e. The molecule has 1 N–H and O–H groups in total. The van der Waals surface area contributed by atoms with Crippen LogP contribution in [-0.4, -0.2) is 68.1 Å². The number of methoxy groups -OCH3 is 1. The van der Waals surface area contributed by atoms with Crippen LogP contribution in [0.5, 0.6) is 0 Å². The minimum absolute atomic E-state index is 0.0487. The van der Waals surface area contributed by atoms with E-state index in [2.05, 4.69) is 5.32 Å². The standard InChI is InChI=1S/C16H30N2O5/c1-6-22-14(19)13-8-7-12(11-18(13)9-10-21-5)17-15(20)23-16(2,3)4/h12-13H,6-11H2,1-5H3,(H,17,20)/t12-,13+/m1/s1. The lowest BCUT2D eigenvalue weighted by molar-refractivity contribution is -0.151. The number of rotatable bonds is 6. The summed E-state index contributed by atoms with van der Waals surface area (Å²) in [5.41, 5.74) is -0.526. The number of nitrogens with one attached hydrogen (secondary N) is 1. The molecule has 7 heteroatoms. The van der Waals surface area contributed by atoms with Crippen LogP contribution < -0.4 is 5.32 Å². The Morgan fingerprint density at radius 1 is 1.26 bits per heavy atom. The van der Waals surface area contributed by atoms with E-state index in [4.69, 9.17) is 14.2 Å². The Morgan fingerprint density at radius 2 is 1.96 bits per heavy atom. The van der Waals surface area contributed by atoms with Crippen LogP contribution >= 0.6 is 0 Å². The molecule has 0 bridgehead atoms. The Bertz CT molecular complexity index is 394. The Balaban J connectivity index is 2.60. The van der Waals surface area contributed by atoms with Crippen molar-refractivity contribution in [3.63, 3.8) is 0 Å². The molecule has 0 aliphatic carbocycles. The molecule has 1 saturated heterocycles. The van der Waals surface area contributed by atoms with E-state index in [0.717, 1.165) is 0 Å². The smallest absolute Gasteiger partial charge is 0.407 e. The van der Waals surface area contributed by atoms with Crippen molar-refractivity contribution in [1.29, 1.82) is 0 Å². The molecule has 1 rings (SSSR count). The lowest BCUT2D eigenvalue weighted by Gasteiger charge is -2.38. The number of likely N-dealkylation sites (tertiary alicyclic amines) is 1. The molecule has 2 atom stereocenters. The largest absolute Gasteiger partial charge is 0.465 e. The first kappa shape index (κ1) is 19.7. The molecule has 1 amide bonds. The highest BCUT2D eigenvalue weighted by Crippen LogP contribution is 2.19. The number of amides is 1. The fourth-order valence-electron chi connectivity index (χ4n) is 2.60. The summed E-state index contributed by atoms with van der Waals surface area (Å²) >= 11 is 0. The lowest BCUT2D eigenvalue weighted by Crippen LogP contribution is -2.55. The van der Waals surface area contributed by atoms with Gasteiger partial charge in [0, 0.05) is 26.2 Å². The van der Waals surface area contributed by atoms with Crippen molar-refractivity contribution in [2.24, 2.45) is 0 Å². The molecule has 1 heterocycles. The average molecular weight is 330 g/mol. The predicted octanol–water partition coefficient (Wildman–Crippen LogP) is 1.55. The summed E-state index contributed by atoms with van der Waals surface area (Å²) in [7, 11) is 1.62. The molecule has 0 aromatic carbocycles. The zero-order valence-corrected chi connectivity index (χ0v) is 14.9. The number of alkyl carbamates (subject to hydrolysis) is 1. The van der Waals surface area contributed by atoms with Gasteiger partial charge in [-0.25, -0.2) is 4.79 Å². The number of piperidine rings is 1. The third-order valence-corrected chi connectivity index (χ3v) is 3.55. The van der Waals surface area contributed by atoms with E-state index < -0.39 is 11.7 Å². The highest BCUT2D eigenvalue weighted by molar-refractivity contribution is 5.76. The lowest BCUT2D eigenvalue weighted by atomic mass is 9.98. The van der Waals surface area contributed by atoms with Crippen molar-refractivity contribution in [2.75, 3.05) is 33.4 Å². The number of nitrogens with zero attached hydrogens (tertiary/aromatic N) is 1. The van der Waals surface area contributed by atoms with Crippen LogP contribution in [0, 0.1) is 0 Å². The van der Waals surface area contributed by atoms with Crippen LogP contribution in [0.1, 0.15) is 40.5 Å². The minimum Gasteiger partial charge on any atom is -0.465 e. The Hall–Kier alpha value is -1.34. The highest BCUT2D eigenvalue weighted by Gasteiger charge is 2.34. The summed E-state index contributed by atoms with van der Waals surface area (Å²) in [4.78, 5) is 26.0. The molecule has 1 aliphatic heterocycles. The SMILES string of the molecule is CCOC(=O)[C@@H]1CC[C@@H](NC(=O)OC(C)(C)C)CN1CCOC. The van der Waals surface area contributed by atoms with E-state index in [1.165, 1.54) is 0 Å². The average Bonchev–Trinajstić information content (AvgIpc) is 2.43. The van der Waals surface area contributed by atoms with E-state index in [9.17, 15) is 9.59 Å². The molecule has 0 aromatic heterocycles. The molecule has 1 fully saturated rings. The van der Waals surface area contributed by atoms with E-state index in [-0.39, 0.29) is 18.1 Å². The fraction of sp³-hybridized carbons (Fsp3) is 0.875. The number of esters is 1. The number of ether oxygens (including phenoxy) is 3. The van der Waals surface area contributed by atoms with Crippen LogP contribution in [-0.2, 0) is 19.0 Å². The molecule has 134 valence electrons. The number of carbonyl (C=O) groups excluding carboxylic acids is 2. The molecule has 0 unspecified atom stereocenters. The highest BCUT2D eigenvalue weighted by atomic mass is 16.6. The summed E-state index contributed by atoms with van der Waals surface area (Å²) in [6.07, 6.45) is 0.929. The predicted molar refractivity (Wildman–Crippen MR) is 86.3 cm³/mol. The molecular formula is C16H30N2O5. The molecule has 0 aromatic rings. The number of hydrogen-bond donors (Lipinski definition) is 1. The second-order valence-electron chi connectivity index (χ2n) is 6.68. The first-order valence-electron chi connectivity index (χ1n) is 8.16. The Morgan fingerprint density at radius 3 is 2.52 bits per heavy atom. The summed E-state index contributed by atoms with van der Waals surface area (Å²) in [6, 6.07) is -0.325. The zero-order chi connectivity index (χ0) is 17.5.